The van der Waals surface area contributed by atoms with Crippen LogP contribution in [0.5, 0.6) is 5.75 Å². The van der Waals surface area contributed by atoms with Crippen LogP contribution in [0.4, 0.5) is 4.39 Å². The van der Waals surface area contributed by atoms with Crippen LogP contribution in [-0.4, -0.2) is 31.1 Å². The van der Waals surface area contributed by atoms with Crippen molar-refractivity contribution >= 4 is 0 Å². The molecule has 1 saturated heterocycles. The zero-order valence-corrected chi connectivity index (χ0v) is 14.6. The van der Waals surface area contributed by atoms with Gasteiger partial charge in [-0.25, -0.2) is 4.39 Å². The molecule has 0 N–H and O–H groups in total. The molecule has 0 saturated carbocycles. The molecule has 0 aliphatic carbocycles. The van der Waals surface area contributed by atoms with Crippen LogP contribution >= 0.6 is 0 Å². The van der Waals surface area contributed by atoms with Crippen molar-refractivity contribution in [2.75, 3.05) is 26.2 Å². The zero-order chi connectivity index (χ0) is 16.3. The van der Waals surface area contributed by atoms with Crippen molar-refractivity contribution in [1.29, 1.82) is 0 Å². The first-order valence-electron chi connectivity index (χ1n) is 9.38. The summed E-state index contributed by atoms with van der Waals surface area (Å²) in [7, 11) is 0. The maximum atomic E-state index is 12.8. The minimum Gasteiger partial charge on any atom is -0.494 e. The lowest BCUT2D eigenvalue weighted by molar-refractivity contribution is 0.161. The summed E-state index contributed by atoms with van der Waals surface area (Å²) in [6, 6.07) is 6.32. The molecule has 1 fully saturated rings. The number of nitrogens with zero attached hydrogens (tertiary/aromatic N) is 1. The van der Waals surface area contributed by atoms with E-state index < -0.39 is 0 Å². The highest BCUT2D eigenvalue weighted by Crippen LogP contribution is 2.21. The highest BCUT2D eigenvalue weighted by molar-refractivity contribution is 5.21. The van der Waals surface area contributed by atoms with Crippen LogP contribution in [0.25, 0.3) is 0 Å². The number of ether oxygens (including phenoxy) is 1. The number of rotatable bonds is 10. The molecule has 3 heteroatoms. The molecule has 23 heavy (non-hydrogen) atoms. The summed E-state index contributed by atoms with van der Waals surface area (Å²) in [6.45, 7) is 6.78. The number of hydrogen-bond donors (Lipinski definition) is 0. The summed E-state index contributed by atoms with van der Waals surface area (Å²) in [4.78, 5) is 2.63. The van der Waals surface area contributed by atoms with Gasteiger partial charge in [0.15, 0.2) is 0 Å². The largest absolute Gasteiger partial charge is 0.494 e. The second-order valence-corrected chi connectivity index (χ2v) is 6.79. The summed E-state index contributed by atoms with van der Waals surface area (Å²) in [6.07, 6.45) is 10.6. The van der Waals surface area contributed by atoms with Crippen LogP contribution in [-0.2, 0) is 0 Å². The van der Waals surface area contributed by atoms with E-state index in [1.165, 1.54) is 76.7 Å². The van der Waals surface area contributed by atoms with Gasteiger partial charge < -0.3 is 9.64 Å². The second kappa shape index (κ2) is 10.6. The molecule has 1 aliphatic heterocycles. The van der Waals surface area contributed by atoms with E-state index in [4.69, 9.17) is 4.74 Å². The molecule has 2 nitrogen and oxygen atoms in total. The van der Waals surface area contributed by atoms with Crippen LogP contribution in [0, 0.1) is 11.7 Å². The van der Waals surface area contributed by atoms with Gasteiger partial charge in [-0.05, 0) is 75.5 Å². The molecule has 2 rings (SSSR count). The highest BCUT2D eigenvalue weighted by atomic mass is 19.1. The third kappa shape index (κ3) is 7.34. The van der Waals surface area contributed by atoms with Crippen molar-refractivity contribution in [3.8, 4) is 5.75 Å². The van der Waals surface area contributed by atoms with Gasteiger partial charge in [-0.2, -0.15) is 0 Å². The number of piperidine rings is 1. The first-order chi connectivity index (χ1) is 11.3. The number of benzene rings is 1. The van der Waals surface area contributed by atoms with Crippen LogP contribution in [0.1, 0.15) is 58.3 Å². The Morgan fingerprint density at radius 1 is 1.04 bits per heavy atom. The van der Waals surface area contributed by atoms with Crippen LogP contribution < -0.4 is 4.74 Å². The van der Waals surface area contributed by atoms with Gasteiger partial charge in [0.1, 0.15) is 11.6 Å². The number of likely N-dealkylation sites (tertiary alicyclic amines) is 1. The molecule has 0 aromatic heterocycles. The second-order valence-electron chi connectivity index (χ2n) is 6.79. The van der Waals surface area contributed by atoms with Crippen molar-refractivity contribution in [2.24, 2.45) is 5.92 Å². The normalized spacial score (nSPS) is 16.6. The molecule has 0 spiro atoms. The maximum absolute atomic E-state index is 12.8. The first-order valence-corrected chi connectivity index (χ1v) is 9.38. The minimum absolute atomic E-state index is 0.209. The Bertz CT molecular complexity index is 412. The van der Waals surface area contributed by atoms with Crippen molar-refractivity contribution in [3.05, 3.63) is 30.1 Å². The summed E-state index contributed by atoms with van der Waals surface area (Å²) < 4.78 is 18.5. The lowest BCUT2D eigenvalue weighted by Gasteiger charge is -2.31. The van der Waals surface area contributed by atoms with Crippen molar-refractivity contribution in [1.82, 2.24) is 4.90 Å². The molecule has 1 aliphatic rings. The minimum atomic E-state index is -0.209. The number of hydrogen-bond acceptors (Lipinski definition) is 2. The van der Waals surface area contributed by atoms with Gasteiger partial charge in [0.2, 0.25) is 0 Å². The fraction of sp³-hybridized carbons (Fsp3) is 0.700. The average Bonchev–Trinajstić information content (AvgIpc) is 2.58. The lowest BCUT2D eigenvalue weighted by atomic mass is 9.94. The van der Waals surface area contributed by atoms with E-state index in [2.05, 4.69) is 11.8 Å². The summed E-state index contributed by atoms with van der Waals surface area (Å²) >= 11 is 0. The zero-order valence-electron chi connectivity index (χ0n) is 14.6. The molecular formula is C20H32FNO. The molecule has 1 aromatic rings. The molecule has 1 aromatic carbocycles. The van der Waals surface area contributed by atoms with Crippen molar-refractivity contribution in [3.63, 3.8) is 0 Å². The number of unbranched alkanes of at least 4 members (excludes halogenated alkanes) is 4. The molecule has 0 bridgehead atoms. The van der Waals surface area contributed by atoms with E-state index in [0.29, 0.717) is 0 Å². The molecule has 0 atom stereocenters. The Kier molecular flexibility index (Phi) is 8.44. The summed E-state index contributed by atoms with van der Waals surface area (Å²) in [5.74, 6) is 1.35. The SMILES string of the molecule is CCCCCCCN1CCC(CCOc2ccc(F)cc2)CC1. The lowest BCUT2D eigenvalue weighted by Crippen LogP contribution is -2.34. The number of halogens is 1. The first kappa shape index (κ1) is 18.3. The predicted octanol–water partition coefficient (Wildman–Crippen LogP) is 5.28. The molecule has 0 unspecified atom stereocenters. The van der Waals surface area contributed by atoms with E-state index in [1.807, 2.05) is 0 Å². The Labute approximate surface area is 141 Å². The highest BCUT2D eigenvalue weighted by Gasteiger charge is 2.18. The van der Waals surface area contributed by atoms with Gasteiger partial charge in [-0.3, -0.25) is 0 Å². The average molecular weight is 321 g/mol. The van der Waals surface area contributed by atoms with E-state index in [-0.39, 0.29) is 5.82 Å². The molecule has 130 valence electrons. The van der Waals surface area contributed by atoms with Gasteiger partial charge in [-0.15, -0.1) is 0 Å². The fourth-order valence-electron chi connectivity index (χ4n) is 3.31. The summed E-state index contributed by atoms with van der Waals surface area (Å²) in [5, 5.41) is 0. The van der Waals surface area contributed by atoms with Gasteiger partial charge in [0.25, 0.3) is 0 Å². The summed E-state index contributed by atoms with van der Waals surface area (Å²) in [5.41, 5.74) is 0. The topological polar surface area (TPSA) is 12.5 Å². The molecule has 0 amide bonds. The van der Waals surface area contributed by atoms with Crippen molar-refractivity contribution < 1.29 is 9.13 Å². The van der Waals surface area contributed by atoms with Gasteiger partial charge >= 0.3 is 0 Å². The van der Waals surface area contributed by atoms with Gasteiger partial charge in [-0.1, -0.05) is 32.6 Å². The standard InChI is InChI=1S/C20H32FNO/c1-2-3-4-5-6-14-22-15-11-18(12-16-22)13-17-23-20-9-7-19(21)8-10-20/h7-10,18H,2-6,11-17H2,1H3. The third-order valence-electron chi connectivity index (χ3n) is 4.89. The van der Waals surface area contributed by atoms with Gasteiger partial charge in [0, 0.05) is 0 Å². The molecular weight excluding hydrogens is 289 g/mol. The van der Waals surface area contributed by atoms with Crippen LogP contribution in [0.15, 0.2) is 24.3 Å². The predicted molar refractivity (Wildman–Crippen MR) is 94.4 cm³/mol. The van der Waals surface area contributed by atoms with Crippen molar-refractivity contribution in [2.45, 2.75) is 58.3 Å². The Morgan fingerprint density at radius 3 is 2.43 bits per heavy atom. The monoisotopic (exact) mass is 321 g/mol. The van der Waals surface area contributed by atoms with E-state index in [0.717, 1.165) is 24.7 Å². The third-order valence-corrected chi connectivity index (χ3v) is 4.89. The van der Waals surface area contributed by atoms with E-state index in [9.17, 15) is 4.39 Å². The smallest absolute Gasteiger partial charge is 0.123 e. The fourth-order valence-corrected chi connectivity index (χ4v) is 3.31. The van der Waals surface area contributed by atoms with E-state index >= 15 is 0 Å². The maximum Gasteiger partial charge on any atom is 0.123 e. The molecule has 1 heterocycles. The van der Waals surface area contributed by atoms with Gasteiger partial charge in [0.05, 0.1) is 6.61 Å². The Morgan fingerprint density at radius 2 is 1.74 bits per heavy atom. The quantitative estimate of drug-likeness (QED) is 0.544. The van der Waals surface area contributed by atoms with Crippen LogP contribution in [0.2, 0.25) is 0 Å². The molecule has 0 radical (unpaired) electrons. The van der Waals surface area contributed by atoms with E-state index in [1.54, 1.807) is 12.1 Å². The Hall–Kier alpha value is -1.09. The Balaban J connectivity index is 1.52. The van der Waals surface area contributed by atoms with Crippen LogP contribution in [0.3, 0.4) is 0 Å².